The number of phosphoric ester groups is 1. The number of Topliss-reactive ketones (excluding diaryl/α,β-unsaturated/α-hetero) is 1. The van der Waals surface area contributed by atoms with E-state index in [4.69, 9.17) is 4.89 Å². The van der Waals surface area contributed by atoms with Gasteiger partial charge < -0.3 is 9.05 Å². The Morgan fingerprint density at radius 2 is 1.81 bits per heavy atom. The van der Waals surface area contributed by atoms with Crippen LogP contribution in [0.15, 0.2) is 30.3 Å². The van der Waals surface area contributed by atoms with Gasteiger partial charge in [0, 0.05) is 6.92 Å². The number of hydrogen-bond acceptors (Lipinski definition) is 5. The second-order valence-electron chi connectivity index (χ2n) is 2.81. The summed E-state index contributed by atoms with van der Waals surface area (Å²) < 4.78 is 19.8. The van der Waals surface area contributed by atoms with Gasteiger partial charge in [-0.1, -0.05) is 18.2 Å². The fourth-order valence-corrected chi connectivity index (χ4v) is 1.57. The second kappa shape index (κ2) is 4.92. The maximum atomic E-state index is 11.2. The molecule has 1 aromatic carbocycles. The molecular weight excluding hydrogens is 235 g/mol. The summed E-state index contributed by atoms with van der Waals surface area (Å²) in [7, 11) is -4.59. The van der Waals surface area contributed by atoms with Crippen LogP contribution in [0.1, 0.15) is 6.92 Å². The molecule has 7 heteroatoms. The lowest BCUT2D eigenvalue weighted by molar-refractivity contribution is -0.146. The highest BCUT2D eigenvalue weighted by atomic mass is 31.2. The first kappa shape index (κ1) is 12.4. The van der Waals surface area contributed by atoms with Crippen LogP contribution in [-0.4, -0.2) is 16.6 Å². The molecule has 86 valence electrons. The summed E-state index contributed by atoms with van der Waals surface area (Å²) in [6.45, 7) is 0.921. The van der Waals surface area contributed by atoms with E-state index in [-0.39, 0.29) is 5.75 Å². The van der Waals surface area contributed by atoms with Crippen molar-refractivity contribution in [1.29, 1.82) is 0 Å². The Balaban J connectivity index is 2.69. The summed E-state index contributed by atoms with van der Waals surface area (Å²) >= 11 is 0. The molecule has 0 bridgehead atoms. The van der Waals surface area contributed by atoms with Gasteiger partial charge in [0.15, 0.2) is 0 Å². The SMILES string of the molecule is CC(=O)C(=O)OP(=O)(O)Oc1ccccc1. The van der Waals surface area contributed by atoms with Crippen LogP contribution in [0.25, 0.3) is 0 Å². The van der Waals surface area contributed by atoms with Crippen molar-refractivity contribution in [1.82, 2.24) is 0 Å². The Morgan fingerprint density at radius 1 is 1.25 bits per heavy atom. The van der Waals surface area contributed by atoms with E-state index in [2.05, 4.69) is 9.05 Å². The van der Waals surface area contributed by atoms with Gasteiger partial charge in [0.05, 0.1) is 0 Å². The predicted octanol–water partition coefficient (Wildman–Crippen LogP) is 1.30. The monoisotopic (exact) mass is 244 g/mol. The van der Waals surface area contributed by atoms with Crippen LogP contribution in [0.3, 0.4) is 0 Å². The number of carbonyl (C=O) groups is 2. The third-order valence-corrected chi connectivity index (χ3v) is 2.29. The number of para-hydroxylation sites is 1. The fraction of sp³-hybridized carbons (Fsp3) is 0.111. The van der Waals surface area contributed by atoms with E-state index in [1.807, 2.05) is 0 Å². The smallest absolute Gasteiger partial charge is 0.395 e. The van der Waals surface area contributed by atoms with Gasteiger partial charge in [-0.25, -0.2) is 9.36 Å². The molecule has 1 N–H and O–H groups in total. The summed E-state index contributed by atoms with van der Waals surface area (Å²) in [5, 5.41) is 0. The van der Waals surface area contributed by atoms with Crippen molar-refractivity contribution in [3.05, 3.63) is 30.3 Å². The van der Waals surface area contributed by atoms with Crippen molar-refractivity contribution in [2.24, 2.45) is 0 Å². The van der Waals surface area contributed by atoms with E-state index >= 15 is 0 Å². The molecule has 0 aromatic heterocycles. The molecule has 0 fully saturated rings. The molecule has 0 saturated heterocycles. The van der Waals surface area contributed by atoms with E-state index in [1.165, 1.54) is 12.1 Å². The van der Waals surface area contributed by atoms with Crippen LogP contribution in [-0.2, 0) is 18.7 Å². The van der Waals surface area contributed by atoms with E-state index < -0.39 is 19.6 Å². The Morgan fingerprint density at radius 3 is 2.31 bits per heavy atom. The van der Waals surface area contributed by atoms with Crippen molar-refractivity contribution >= 4 is 19.6 Å². The maximum Gasteiger partial charge on any atom is 0.587 e. The average Bonchev–Trinajstić information content (AvgIpc) is 2.17. The molecule has 1 rings (SSSR count). The van der Waals surface area contributed by atoms with Crippen LogP contribution in [0.2, 0.25) is 0 Å². The standard InChI is InChI=1S/C9H9O6P/c1-7(10)9(11)15-16(12,13)14-8-5-3-2-4-6-8/h2-6H,1H3,(H,12,13). The lowest BCUT2D eigenvalue weighted by Crippen LogP contribution is -2.13. The molecule has 0 saturated carbocycles. The molecule has 0 aliphatic rings. The second-order valence-corrected chi connectivity index (χ2v) is 4.11. The average molecular weight is 244 g/mol. The first-order valence-corrected chi connectivity index (χ1v) is 5.72. The Labute approximate surface area is 91.4 Å². The predicted molar refractivity (Wildman–Crippen MR) is 53.7 cm³/mol. The quantitative estimate of drug-likeness (QED) is 0.634. The molecule has 0 aliphatic heterocycles. The van der Waals surface area contributed by atoms with Gasteiger partial charge in [-0.3, -0.25) is 9.69 Å². The van der Waals surface area contributed by atoms with E-state index in [0.29, 0.717) is 0 Å². The summed E-state index contributed by atoms with van der Waals surface area (Å²) in [6, 6.07) is 7.63. The van der Waals surface area contributed by atoms with Crippen LogP contribution >= 0.6 is 7.82 Å². The molecule has 1 unspecified atom stereocenters. The molecule has 0 radical (unpaired) electrons. The number of ketones is 1. The summed E-state index contributed by atoms with van der Waals surface area (Å²) in [6.07, 6.45) is 0. The number of benzene rings is 1. The molecule has 1 atom stereocenters. The number of rotatable bonds is 4. The number of carbonyl (C=O) groups excluding carboxylic acids is 2. The van der Waals surface area contributed by atoms with Gasteiger partial charge in [-0.2, -0.15) is 0 Å². The van der Waals surface area contributed by atoms with Crippen LogP contribution in [0, 0.1) is 0 Å². The van der Waals surface area contributed by atoms with Crippen LogP contribution < -0.4 is 4.52 Å². The van der Waals surface area contributed by atoms with Crippen molar-refractivity contribution in [3.8, 4) is 5.75 Å². The minimum Gasteiger partial charge on any atom is -0.395 e. The van der Waals surface area contributed by atoms with Crippen LogP contribution in [0.4, 0.5) is 0 Å². The molecule has 6 nitrogen and oxygen atoms in total. The highest BCUT2D eigenvalue weighted by molar-refractivity contribution is 7.48. The normalized spacial score (nSPS) is 13.6. The molecule has 0 heterocycles. The first-order chi connectivity index (χ1) is 7.41. The highest BCUT2D eigenvalue weighted by Crippen LogP contribution is 2.43. The zero-order chi connectivity index (χ0) is 12.2. The van der Waals surface area contributed by atoms with Gasteiger partial charge in [0.2, 0.25) is 5.78 Å². The van der Waals surface area contributed by atoms with Gasteiger partial charge in [0.1, 0.15) is 5.75 Å². The van der Waals surface area contributed by atoms with E-state index in [1.54, 1.807) is 18.2 Å². The zero-order valence-corrected chi connectivity index (χ0v) is 9.22. The minimum absolute atomic E-state index is 0.0599. The summed E-state index contributed by atoms with van der Waals surface area (Å²) in [5.74, 6) is -2.34. The van der Waals surface area contributed by atoms with Gasteiger partial charge in [-0.15, -0.1) is 0 Å². The third-order valence-electron chi connectivity index (χ3n) is 1.45. The van der Waals surface area contributed by atoms with Crippen molar-refractivity contribution in [2.45, 2.75) is 6.92 Å². The fourth-order valence-electron chi connectivity index (χ4n) is 0.802. The molecule has 0 spiro atoms. The summed E-state index contributed by atoms with van der Waals surface area (Å²) in [5.41, 5.74) is 0. The molecular formula is C9H9O6P. The van der Waals surface area contributed by atoms with Crippen LogP contribution in [0.5, 0.6) is 5.75 Å². The lowest BCUT2D eigenvalue weighted by atomic mass is 10.3. The van der Waals surface area contributed by atoms with Gasteiger partial charge in [-0.05, 0) is 12.1 Å². The van der Waals surface area contributed by atoms with Crippen molar-refractivity contribution in [2.75, 3.05) is 0 Å². The highest BCUT2D eigenvalue weighted by Gasteiger charge is 2.29. The maximum absolute atomic E-state index is 11.2. The first-order valence-electron chi connectivity index (χ1n) is 4.22. The number of hydrogen-bond donors (Lipinski definition) is 1. The largest absolute Gasteiger partial charge is 0.587 e. The van der Waals surface area contributed by atoms with Crippen molar-refractivity contribution < 1.29 is 28.1 Å². The molecule has 0 amide bonds. The Bertz CT molecular complexity index is 441. The van der Waals surface area contributed by atoms with Gasteiger partial charge in [0.25, 0.3) is 0 Å². The lowest BCUT2D eigenvalue weighted by Gasteiger charge is -2.11. The van der Waals surface area contributed by atoms with E-state index in [0.717, 1.165) is 6.92 Å². The zero-order valence-electron chi connectivity index (χ0n) is 8.32. The molecule has 0 aliphatic carbocycles. The number of phosphoric acid groups is 1. The topological polar surface area (TPSA) is 89.9 Å². The van der Waals surface area contributed by atoms with Crippen molar-refractivity contribution in [3.63, 3.8) is 0 Å². The minimum atomic E-state index is -4.59. The third kappa shape index (κ3) is 3.84. The Kier molecular flexibility index (Phi) is 3.82. The van der Waals surface area contributed by atoms with Gasteiger partial charge >= 0.3 is 13.8 Å². The summed E-state index contributed by atoms with van der Waals surface area (Å²) in [4.78, 5) is 30.4. The molecule has 16 heavy (non-hydrogen) atoms. The van der Waals surface area contributed by atoms with E-state index in [9.17, 15) is 14.2 Å². The Hall–Kier alpha value is -1.65. The molecule has 1 aromatic rings.